The zero-order valence-corrected chi connectivity index (χ0v) is 14.7. The minimum absolute atomic E-state index is 0.0104. The maximum Gasteiger partial charge on any atom is 0.315 e. The third-order valence-corrected chi connectivity index (χ3v) is 4.50. The van der Waals surface area contributed by atoms with Gasteiger partial charge in [0, 0.05) is 23.7 Å². The van der Waals surface area contributed by atoms with Crippen molar-refractivity contribution in [3.8, 4) is 0 Å². The highest BCUT2D eigenvalue weighted by molar-refractivity contribution is 6.30. The van der Waals surface area contributed by atoms with Crippen LogP contribution in [-0.4, -0.2) is 24.5 Å². The lowest BCUT2D eigenvalue weighted by molar-refractivity contribution is -0.117. The van der Waals surface area contributed by atoms with E-state index in [1.54, 1.807) is 29.2 Å². The fraction of sp³-hybridized carbons (Fsp3) is 0.263. The highest BCUT2D eigenvalue weighted by Gasteiger charge is 2.31. The molecule has 2 aromatic rings. The Balaban J connectivity index is 1.56. The lowest BCUT2D eigenvalue weighted by Crippen LogP contribution is -2.44. The minimum Gasteiger partial charge on any atom is -0.333 e. The number of amides is 3. The van der Waals surface area contributed by atoms with E-state index in [4.69, 9.17) is 11.6 Å². The van der Waals surface area contributed by atoms with E-state index in [0.717, 1.165) is 11.3 Å². The van der Waals surface area contributed by atoms with E-state index in [1.165, 1.54) is 0 Å². The Morgan fingerprint density at radius 2 is 1.84 bits per heavy atom. The molecule has 2 atom stereocenters. The molecular formula is C19H20ClN3O2. The Hall–Kier alpha value is -2.53. The monoisotopic (exact) mass is 357 g/mol. The van der Waals surface area contributed by atoms with Gasteiger partial charge in [-0.2, -0.15) is 0 Å². The molecule has 2 aromatic carbocycles. The Labute approximate surface area is 152 Å². The molecular weight excluding hydrogens is 338 g/mol. The molecule has 0 bridgehead atoms. The molecule has 1 fully saturated rings. The zero-order valence-electron chi connectivity index (χ0n) is 13.9. The maximum atomic E-state index is 12.2. The number of carbonyl (C=O) groups is 2. The summed E-state index contributed by atoms with van der Waals surface area (Å²) in [4.78, 5) is 26.1. The highest BCUT2D eigenvalue weighted by atomic mass is 35.5. The number of hydrogen-bond donors (Lipinski definition) is 2. The van der Waals surface area contributed by atoms with Gasteiger partial charge in [-0.1, -0.05) is 41.9 Å². The van der Waals surface area contributed by atoms with Gasteiger partial charge in [-0.05, 0) is 36.8 Å². The molecule has 3 amide bonds. The lowest BCUT2D eigenvalue weighted by Gasteiger charge is -2.19. The van der Waals surface area contributed by atoms with E-state index in [2.05, 4.69) is 10.6 Å². The summed E-state index contributed by atoms with van der Waals surface area (Å²) in [7, 11) is 0. The standard InChI is InChI=1S/C19H20ClN3O2/c1-13(14-5-3-2-4-6-14)21-19(25)22-16-11-18(24)23(12-16)17-9-7-15(20)8-10-17/h2-10,13,16H,11-12H2,1H3,(H2,21,22,25)/t13-,16+/m1/s1. The smallest absolute Gasteiger partial charge is 0.315 e. The van der Waals surface area contributed by atoms with Crippen LogP contribution in [0.5, 0.6) is 0 Å². The molecule has 25 heavy (non-hydrogen) atoms. The van der Waals surface area contributed by atoms with Crippen LogP contribution in [0.2, 0.25) is 5.02 Å². The lowest BCUT2D eigenvalue weighted by atomic mass is 10.1. The van der Waals surface area contributed by atoms with Gasteiger partial charge >= 0.3 is 6.03 Å². The summed E-state index contributed by atoms with van der Waals surface area (Å²) in [6.07, 6.45) is 0.287. The van der Waals surface area contributed by atoms with E-state index in [9.17, 15) is 9.59 Å². The molecule has 0 radical (unpaired) electrons. The number of halogens is 1. The Kier molecular flexibility index (Phi) is 5.24. The molecule has 1 aliphatic heterocycles. The largest absolute Gasteiger partial charge is 0.333 e. The molecule has 0 aliphatic carbocycles. The van der Waals surface area contributed by atoms with E-state index in [0.29, 0.717) is 11.6 Å². The number of carbonyl (C=O) groups excluding carboxylic acids is 2. The number of nitrogens with zero attached hydrogens (tertiary/aromatic N) is 1. The fourth-order valence-electron chi connectivity index (χ4n) is 2.92. The Morgan fingerprint density at radius 1 is 1.16 bits per heavy atom. The topological polar surface area (TPSA) is 61.4 Å². The summed E-state index contributed by atoms with van der Waals surface area (Å²) < 4.78 is 0. The van der Waals surface area contributed by atoms with Crippen molar-refractivity contribution in [3.05, 3.63) is 65.2 Å². The molecule has 130 valence electrons. The first-order chi connectivity index (χ1) is 12.0. The van der Waals surface area contributed by atoms with Crippen LogP contribution in [0.15, 0.2) is 54.6 Å². The first kappa shape index (κ1) is 17.3. The molecule has 2 N–H and O–H groups in total. The summed E-state index contributed by atoms with van der Waals surface area (Å²) in [5.41, 5.74) is 1.82. The van der Waals surface area contributed by atoms with Crippen molar-refractivity contribution in [1.82, 2.24) is 10.6 Å². The van der Waals surface area contributed by atoms with E-state index < -0.39 is 0 Å². The van der Waals surface area contributed by atoms with E-state index >= 15 is 0 Å². The summed E-state index contributed by atoms with van der Waals surface area (Å²) >= 11 is 5.88. The molecule has 1 aliphatic rings. The highest BCUT2D eigenvalue weighted by Crippen LogP contribution is 2.23. The SMILES string of the molecule is C[C@@H](NC(=O)N[C@H]1CC(=O)N(c2ccc(Cl)cc2)C1)c1ccccc1. The summed E-state index contributed by atoms with van der Waals surface area (Å²) in [5, 5.41) is 6.41. The summed E-state index contributed by atoms with van der Waals surface area (Å²) in [5.74, 6) is -0.0104. The molecule has 0 unspecified atom stereocenters. The van der Waals surface area contributed by atoms with Crippen LogP contribution < -0.4 is 15.5 Å². The molecule has 5 nitrogen and oxygen atoms in total. The van der Waals surface area contributed by atoms with Crippen LogP contribution in [0.1, 0.15) is 24.9 Å². The second-order valence-corrected chi connectivity index (χ2v) is 6.57. The van der Waals surface area contributed by atoms with Crippen LogP contribution in [0, 0.1) is 0 Å². The maximum absolute atomic E-state index is 12.2. The quantitative estimate of drug-likeness (QED) is 0.879. The van der Waals surface area contributed by atoms with Crippen molar-refractivity contribution in [1.29, 1.82) is 0 Å². The molecule has 0 aromatic heterocycles. The number of rotatable bonds is 4. The van der Waals surface area contributed by atoms with Crippen molar-refractivity contribution < 1.29 is 9.59 Å². The van der Waals surface area contributed by atoms with Crippen LogP contribution in [-0.2, 0) is 4.79 Å². The van der Waals surface area contributed by atoms with Crippen molar-refractivity contribution in [2.75, 3.05) is 11.4 Å². The third-order valence-electron chi connectivity index (χ3n) is 4.25. The van der Waals surface area contributed by atoms with Crippen LogP contribution in [0.4, 0.5) is 10.5 Å². The molecule has 3 rings (SSSR count). The molecule has 0 spiro atoms. The van der Waals surface area contributed by atoms with Gasteiger partial charge in [-0.3, -0.25) is 4.79 Å². The summed E-state index contributed by atoms with van der Waals surface area (Å²) in [6.45, 7) is 2.38. The van der Waals surface area contributed by atoms with Gasteiger partial charge in [0.25, 0.3) is 0 Å². The number of benzene rings is 2. The Bertz CT molecular complexity index is 749. The van der Waals surface area contributed by atoms with Gasteiger partial charge < -0.3 is 15.5 Å². The second-order valence-electron chi connectivity index (χ2n) is 6.13. The second kappa shape index (κ2) is 7.57. The number of hydrogen-bond acceptors (Lipinski definition) is 2. The molecule has 1 saturated heterocycles. The normalized spacial score (nSPS) is 18.1. The van der Waals surface area contributed by atoms with Gasteiger partial charge in [-0.25, -0.2) is 4.79 Å². The molecule has 0 saturated carbocycles. The van der Waals surface area contributed by atoms with Crippen LogP contribution in [0.25, 0.3) is 0 Å². The predicted octanol–water partition coefficient (Wildman–Crippen LogP) is 3.51. The third kappa shape index (κ3) is 4.31. The van der Waals surface area contributed by atoms with Crippen molar-refractivity contribution >= 4 is 29.2 Å². The Morgan fingerprint density at radius 3 is 2.52 bits per heavy atom. The minimum atomic E-state index is -0.271. The van der Waals surface area contributed by atoms with Gasteiger partial charge in [0.15, 0.2) is 0 Å². The zero-order chi connectivity index (χ0) is 17.8. The average Bonchev–Trinajstić information content (AvgIpc) is 2.96. The average molecular weight is 358 g/mol. The predicted molar refractivity (Wildman–Crippen MR) is 98.7 cm³/mol. The van der Waals surface area contributed by atoms with Crippen molar-refractivity contribution in [2.24, 2.45) is 0 Å². The first-order valence-corrected chi connectivity index (χ1v) is 8.58. The van der Waals surface area contributed by atoms with Crippen LogP contribution >= 0.6 is 11.6 Å². The molecule has 1 heterocycles. The van der Waals surface area contributed by atoms with Crippen LogP contribution in [0.3, 0.4) is 0 Å². The van der Waals surface area contributed by atoms with E-state index in [-0.39, 0.29) is 30.4 Å². The van der Waals surface area contributed by atoms with Gasteiger partial charge in [0.2, 0.25) is 5.91 Å². The first-order valence-electron chi connectivity index (χ1n) is 8.21. The fourth-order valence-corrected chi connectivity index (χ4v) is 3.05. The number of urea groups is 1. The van der Waals surface area contributed by atoms with Crippen molar-refractivity contribution in [2.45, 2.75) is 25.4 Å². The summed E-state index contributed by atoms with van der Waals surface area (Å²) in [6, 6.07) is 16.3. The number of nitrogens with one attached hydrogen (secondary N) is 2. The van der Waals surface area contributed by atoms with Gasteiger partial charge in [0.05, 0.1) is 12.1 Å². The van der Waals surface area contributed by atoms with Gasteiger partial charge in [0.1, 0.15) is 0 Å². The molecule has 6 heteroatoms. The number of anilines is 1. The van der Waals surface area contributed by atoms with Crippen molar-refractivity contribution in [3.63, 3.8) is 0 Å². The van der Waals surface area contributed by atoms with Gasteiger partial charge in [-0.15, -0.1) is 0 Å². The van der Waals surface area contributed by atoms with E-state index in [1.807, 2.05) is 37.3 Å².